The molecular formula is C13H20BrNO2. The molecule has 1 aromatic rings. The lowest BCUT2D eigenvalue weighted by atomic mass is 10.2. The normalized spacial score (nSPS) is 11.4. The number of halogens is 1. The van der Waals surface area contributed by atoms with E-state index >= 15 is 0 Å². The number of aromatic hydroxyl groups is 1. The first kappa shape index (κ1) is 14.5. The molecule has 1 rings (SSSR count). The fraction of sp³-hybridized carbons (Fsp3) is 0.538. The molecule has 0 aliphatic heterocycles. The maximum absolute atomic E-state index is 9.86. The molecule has 0 fully saturated rings. The predicted molar refractivity (Wildman–Crippen MR) is 73.2 cm³/mol. The molecule has 0 bridgehead atoms. The van der Waals surface area contributed by atoms with Crippen LogP contribution in [0.15, 0.2) is 22.7 Å². The molecule has 4 heteroatoms. The third-order valence-corrected chi connectivity index (χ3v) is 3.07. The second-order valence-corrected chi connectivity index (χ2v) is 5.26. The van der Waals surface area contributed by atoms with Crippen molar-refractivity contribution in [3.63, 3.8) is 0 Å². The summed E-state index contributed by atoms with van der Waals surface area (Å²) in [4.78, 5) is 2.13. The third kappa shape index (κ3) is 5.06. The van der Waals surface area contributed by atoms with Gasteiger partial charge in [0.2, 0.25) is 0 Å². The minimum atomic E-state index is 0.266. The molecule has 17 heavy (non-hydrogen) atoms. The van der Waals surface area contributed by atoms with E-state index in [1.165, 1.54) is 0 Å². The monoisotopic (exact) mass is 301 g/mol. The zero-order chi connectivity index (χ0) is 12.8. The van der Waals surface area contributed by atoms with E-state index in [9.17, 15) is 5.11 Å². The number of hydrogen-bond donors (Lipinski definition) is 1. The number of phenolic OH excluding ortho intramolecular Hbond substituents is 1. The Labute approximate surface area is 112 Å². The summed E-state index contributed by atoms with van der Waals surface area (Å²) in [5.41, 5.74) is 0.923. The Morgan fingerprint density at radius 1 is 1.41 bits per heavy atom. The number of rotatable bonds is 6. The number of para-hydroxylation sites is 1. The zero-order valence-corrected chi connectivity index (χ0v) is 12.2. The van der Waals surface area contributed by atoms with Crippen molar-refractivity contribution in [2.75, 3.05) is 20.2 Å². The number of phenols is 1. The van der Waals surface area contributed by atoms with Gasteiger partial charge in [0, 0.05) is 18.7 Å². The standard InChI is InChI=1S/C13H20BrNO2/c1-10(2)17-8-7-15(3)9-11-5-4-6-12(14)13(11)16/h4-6,10,16H,7-9H2,1-3H3. The van der Waals surface area contributed by atoms with Crippen molar-refractivity contribution in [2.45, 2.75) is 26.5 Å². The van der Waals surface area contributed by atoms with E-state index in [0.717, 1.165) is 16.6 Å². The molecule has 0 amide bonds. The minimum absolute atomic E-state index is 0.266. The summed E-state index contributed by atoms with van der Waals surface area (Å²) in [7, 11) is 2.02. The SMILES string of the molecule is CC(C)OCCN(C)Cc1cccc(Br)c1O. The minimum Gasteiger partial charge on any atom is -0.506 e. The first-order valence-electron chi connectivity index (χ1n) is 5.77. The molecule has 0 saturated carbocycles. The predicted octanol–water partition coefficient (Wildman–Crippen LogP) is 3.01. The fourth-order valence-electron chi connectivity index (χ4n) is 1.50. The second kappa shape index (κ2) is 6.99. The Hall–Kier alpha value is -0.580. The highest BCUT2D eigenvalue weighted by molar-refractivity contribution is 9.10. The highest BCUT2D eigenvalue weighted by atomic mass is 79.9. The molecule has 1 N–H and O–H groups in total. The molecule has 0 aliphatic rings. The highest BCUT2D eigenvalue weighted by Crippen LogP contribution is 2.27. The van der Waals surface area contributed by atoms with Gasteiger partial charge in [0.1, 0.15) is 5.75 Å². The van der Waals surface area contributed by atoms with Gasteiger partial charge in [-0.15, -0.1) is 0 Å². The quantitative estimate of drug-likeness (QED) is 0.877. The molecule has 0 spiro atoms. The van der Waals surface area contributed by atoms with Crippen LogP contribution in [0.5, 0.6) is 5.75 Å². The zero-order valence-electron chi connectivity index (χ0n) is 10.6. The summed E-state index contributed by atoms with van der Waals surface area (Å²) in [6.45, 7) is 6.33. The maximum atomic E-state index is 9.86. The lowest BCUT2D eigenvalue weighted by Crippen LogP contribution is -2.24. The van der Waals surface area contributed by atoms with Crippen LogP contribution in [0.3, 0.4) is 0 Å². The van der Waals surface area contributed by atoms with Gasteiger partial charge in [0.15, 0.2) is 0 Å². The lowest BCUT2D eigenvalue weighted by molar-refractivity contribution is 0.0626. The van der Waals surface area contributed by atoms with Crippen molar-refractivity contribution >= 4 is 15.9 Å². The summed E-state index contributed by atoms with van der Waals surface area (Å²) >= 11 is 3.31. The van der Waals surface area contributed by atoms with Crippen molar-refractivity contribution in [1.29, 1.82) is 0 Å². The van der Waals surface area contributed by atoms with E-state index in [4.69, 9.17) is 4.74 Å². The number of likely N-dealkylation sites (N-methyl/N-ethyl adjacent to an activating group) is 1. The summed E-state index contributed by atoms with van der Waals surface area (Å²) in [6, 6.07) is 5.69. The molecule has 0 aliphatic carbocycles. The Morgan fingerprint density at radius 2 is 2.12 bits per heavy atom. The van der Waals surface area contributed by atoms with Crippen LogP contribution < -0.4 is 0 Å². The van der Waals surface area contributed by atoms with Crippen LogP contribution in [-0.4, -0.2) is 36.3 Å². The van der Waals surface area contributed by atoms with Gasteiger partial charge in [0.25, 0.3) is 0 Å². The second-order valence-electron chi connectivity index (χ2n) is 4.40. The van der Waals surface area contributed by atoms with E-state index in [2.05, 4.69) is 20.8 Å². The highest BCUT2D eigenvalue weighted by Gasteiger charge is 2.07. The van der Waals surface area contributed by atoms with Crippen LogP contribution in [-0.2, 0) is 11.3 Å². The van der Waals surface area contributed by atoms with Gasteiger partial charge < -0.3 is 9.84 Å². The van der Waals surface area contributed by atoms with Crippen molar-refractivity contribution in [3.05, 3.63) is 28.2 Å². The van der Waals surface area contributed by atoms with Crippen LogP contribution in [0.25, 0.3) is 0 Å². The molecular weight excluding hydrogens is 282 g/mol. The first-order valence-corrected chi connectivity index (χ1v) is 6.56. The van der Waals surface area contributed by atoms with Crippen LogP contribution in [0.2, 0.25) is 0 Å². The van der Waals surface area contributed by atoms with Crippen molar-refractivity contribution < 1.29 is 9.84 Å². The molecule has 0 saturated heterocycles. The lowest BCUT2D eigenvalue weighted by Gasteiger charge is -2.18. The van der Waals surface area contributed by atoms with Gasteiger partial charge in [0.05, 0.1) is 17.2 Å². The Kier molecular flexibility index (Phi) is 5.95. The molecule has 0 aromatic heterocycles. The number of benzene rings is 1. The van der Waals surface area contributed by atoms with Gasteiger partial charge >= 0.3 is 0 Å². The average molecular weight is 302 g/mol. The Morgan fingerprint density at radius 3 is 2.76 bits per heavy atom. The van der Waals surface area contributed by atoms with E-state index in [1.807, 2.05) is 39.1 Å². The average Bonchev–Trinajstić information content (AvgIpc) is 2.24. The van der Waals surface area contributed by atoms with Gasteiger partial charge in [-0.2, -0.15) is 0 Å². The van der Waals surface area contributed by atoms with E-state index in [1.54, 1.807) is 0 Å². The molecule has 0 heterocycles. The van der Waals surface area contributed by atoms with E-state index in [0.29, 0.717) is 18.9 Å². The smallest absolute Gasteiger partial charge is 0.134 e. The van der Waals surface area contributed by atoms with Gasteiger partial charge in [-0.3, -0.25) is 4.90 Å². The number of ether oxygens (including phenoxy) is 1. The number of nitrogens with zero attached hydrogens (tertiary/aromatic N) is 1. The summed E-state index contributed by atoms with van der Waals surface area (Å²) in [5.74, 6) is 0.323. The summed E-state index contributed by atoms with van der Waals surface area (Å²) < 4.78 is 6.23. The van der Waals surface area contributed by atoms with Gasteiger partial charge in [-0.25, -0.2) is 0 Å². The topological polar surface area (TPSA) is 32.7 Å². The number of hydrogen-bond acceptors (Lipinski definition) is 3. The van der Waals surface area contributed by atoms with Crippen LogP contribution in [0.4, 0.5) is 0 Å². The van der Waals surface area contributed by atoms with Crippen molar-refractivity contribution in [1.82, 2.24) is 4.90 Å². The van der Waals surface area contributed by atoms with Crippen LogP contribution in [0.1, 0.15) is 19.4 Å². The fourth-order valence-corrected chi connectivity index (χ4v) is 1.91. The molecule has 0 unspecified atom stereocenters. The molecule has 0 atom stereocenters. The molecule has 0 radical (unpaired) electrons. The van der Waals surface area contributed by atoms with Crippen LogP contribution in [0, 0.1) is 0 Å². The van der Waals surface area contributed by atoms with Crippen LogP contribution >= 0.6 is 15.9 Å². The first-order chi connectivity index (χ1) is 8.00. The third-order valence-electron chi connectivity index (χ3n) is 2.43. The van der Waals surface area contributed by atoms with Gasteiger partial charge in [-0.05, 0) is 42.9 Å². The van der Waals surface area contributed by atoms with E-state index in [-0.39, 0.29) is 6.10 Å². The maximum Gasteiger partial charge on any atom is 0.134 e. The molecule has 3 nitrogen and oxygen atoms in total. The Bertz CT molecular complexity index is 355. The summed E-state index contributed by atoms with van der Waals surface area (Å²) in [5, 5.41) is 9.86. The summed E-state index contributed by atoms with van der Waals surface area (Å²) in [6.07, 6.45) is 0.266. The van der Waals surface area contributed by atoms with Crippen molar-refractivity contribution in [3.8, 4) is 5.75 Å². The largest absolute Gasteiger partial charge is 0.506 e. The molecule has 1 aromatic carbocycles. The van der Waals surface area contributed by atoms with Gasteiger partial charge in [-0.1, -0.05) is 12.1 Å². The van der Waals surface area contributed by atoms with Crippen molar-refractivity contribution in [2.24, 2.45) is 0 Å². The van der Waals surface area contributed by atoms with E-state index < -0.39 is 0 Å². The molecule has 96 valence electrons. The Balaban J connectivity index is 2.45.